The van der Waals surface area contributed by atoms with Crippen LogP contribution in [0.5, 0.6) is 5.75 Å². The summed E-state index contributed by atoms with van der Waals surface area (Å²) in [5, 5.41) is 29.2. The summed E-state index contributed by atoms with van der Waals surface area (Å²) in [6, 6.07) is 19.0. The molecular formula is C35H42N7O9P. The first-order valence-corrected chi connectivity index (χ1v) is 18.3. The molecule has 0 radical (unpaired) electrons. The first kappa shape index (κ1) is 38.4. The van der Waals surface area contributed by atoms with Crippen molar-refractivity contribution in [1.29, 1.82) is 5.26 Å². The molecule has 0 saturated carbocycles. The van der Waals surface area contributed by atoms with Crippen LogP contribution in [0.3, 0.4) is 0 Å². The van der Waals surface area contributed by atoms with Gasteiger partial charge in [0.05, 0.1) is 18.9 Å². The van der Waals surface area contributed by atoms with Gasteiger partial charge in [-0.2, -0.15) is 15.4 Å². The van der Waals surface area contributed by atoms with E-state index in [0.29, 0.717) is 11.1 Å². The summed E-state index contributed by atoms with van der Waals surface area (Å²) in [5.74, 6) is -1.24. The number of nitrogens with two attached hydrogens (primary N) is 2. The Morgan fingerprint density at radius 3 is 2.42 bits per heavy atom. The fraction of sp³-hybridized carbons (Fsp3) is 0.400. The predicted octanol–water partition coefficient (Wildman–Crippen LogP) is 3.56. The Morgan fingerprint density at radius 2 is 1.77 bits per heavy atom. The highest BCUT2D eigenvalue weighted by molar-refractivity contribution is 7.52. The van der Waals surface area contributed by atoms with Crippen molar-refractivity contribution < 1.29 is 42.5 Å². The Morgan fingerprint density at radius 1 is 1.10 bits per heavy atom. The molecule has 2 aromatic carbocycles. The number of nitriles is 1. The molecular weight excluding hydrogens is 693 g/mol. The molecule has 0 spiro atoms. The number of carbonyl (C=O) groups excluding carboxylic acids is 2. The van der Waals surface area contributed by atoms with Gasteiger partial charge in [0.1, 0.15) is 48.0 Å². The molecule has 4 aromatic rings. The third-order valence-electron chi connectivity index (χ3n) is 8.82. The minimum absolute atomic E-state index is 0.0400. The van der Waals surface area contributed by atoms with Crippen molar-refractivity contribution in [2.75, 3.05) is 18.9 Å². The quantitative estimate of drug-likeness (QED) is 0.0951. The third-order valence-corrected chi connectivity index (χ3v) is 10.5. The van der Waals surface area contributed by atoms with Gasteiger partial charge in [-0.1, -0.05) is 75.2 Å². The number of aliphatic hydroxyl groups excluding tert-OH is 1. The average molecular weight is 736 g/mol. The Kier molecular flexibility index (Phi) is 12.3. The average Bonchev–Trinajstić information content (AvgIpc) is 3.71. The van der Waals surface area contributed by atoms with Crippen LogP contribution in [-0.4, -0.2) is 69.2 Å². The van der Waals surface area contributed by atoms with E-state index in [1.54, 1.807) is 48.5 Å². The van der Waals surface area contributed by atoms with Crippen molar-refractivity contribution in [3.63, 3.8) is 0 Å². The van der Waals surface area contributed by atoms with Crippen LogP contribution >= 0.6 is 7.75 Å². The zero-order chi connectivity index (χ0) is 37.5. The molecule has 52 heavy (non-hydrogen) atoms. The van der Waals surface area contributed by atoms with E-state index in [-0.39, 0.29) is 29.8 Å². The molecule has 1 aliphatic heterocycles. The number of anilines is 1. The lowest BCUT2D eigenvalue weighted by atomic mass is 9.92. The van der Waals surface area contributed by atoms with E-state index in [9.17, 15) is 24.5 Å². The zero-order valence-electron chi connectivity index (χ0n) is 28.9. The molecule has 3 heterocycles. The molecule has 17 heteroatoms. The standard InChI is InChI=1S/C35H42N7O9P/c1-4-23(5-2)18-47-33(44)22(3)41-52(46,51-25-14-10-7-11-15-25)48-19-27-30(49-34(45)29(37)24-12-8-6-9-13-24)31(43)35(20-36,50-27)28-17-16-26-32(38)39-21-40-42(26)28/h6-17,21-23,27,29-31,43H,4-5,18-19,37H2,1-3H3,(H,41,46)(H2,38,39,40)/t22-,27+,29+,30+,31+,35-,52?/m0/s1. The number of nitrogens with one attached hydrogen (secondary N) is 1. The summed E-state index contributed by atoms with van der Waals surface area (Å²) < 4.78 is 44.7. The van der Waals surface area contributed by atoms with E-state index in [4.69, 9.17) is 34.7 Å². The summed E-state index contributed by atoms with van der Waals surface area (Å²) in [5.41, 5.74) is 10.8. The molecule has 1 saturated heterocycles. The third kappa shape index (κ3) is 8.26. The lowest BCUT2D eigenvalue weighted by Crippen LogP contribution is -2.44. The van der Waals surface area contributed by atoms with E-state index in [1.807, 2.05) is 19.9 Å². The van der Waals surface area contributed by atoms with Crippen LogP contribution in [0.25, 0.3) is 5.52 Å². The fourth-order valence-corrected chi connectivity index (χ4v) is 7.20. The number of nitrogens with zero attached hydrogens (tertiary/aromatic N) is 4. The number of para-hydroxylation sites is 1. The van der Waals surface area contributed by atoms with E-state index in [0.717, 1.165) is 19.2 Å². The number of nitrogen functional groups attached to an aromatic ring is 1. The molecule has 0 bridgehead atoms. The molecule has 1 unspecified atom stereocenters. The Labute approximate surface area is 300 Å². The van der Waals surface area contributed by atoms with Crippen molar-refractivity contribution in [1.82, 2.24) is 19.7 Å². The van der Waals surface area contributed by atoms with Gasteiger partial charge in [0.2, 0.25) is 5.60 Å². The van der Waals surface area contributed by atoms with Crippen molar-refractivity contribution in [2.24, 2.45) is 11.7 Å². The minimum Gasteiger partial charge on any atom is -0.464 e. The Bertz CT molecular complexity index is 1920. The number of esters is 2. The lowest BCUT2D eigenvalue weighted by molar-refractivity contribution is -0.158. The van der Waals surface area contributed by atoms with Crippen molar-refractivity contribution in [3.8, 4) is 11.8 Å². The number of carbonyl (C=O) groups is 2. The smallest absolute Gasteiger partial charge is 0.459 e. The highest BCUT2D eigenvalue weighted by Gasteiger charge is 2.60. The minimum atomic E-state index is -4.47. The van der Waals surface area contributed by atoms with Crippen molar-refractivity contribution in [3.05, 3.63) is 90.4 Å². The maximum absolute atomic E-state index is 14.4. The topological polar surface area (TPSA) is 236 Å². The van der Waals surface area contributed by atoms with Crippen molar-refractivity contribution >= 4 is 31.0 Å². The number of fused-ring (bicyclic) bond motifs is 1. The largest absolute Gasteiger partial charge is 0.464 e. The zero-order valence-corrected chi connectivity index (χ0v) is 29.8. The summed E-state index contributed by atoms with van der Waals surface area (Å²) >= 11 is 0. The number of rotatable bonds is 16. The molecule has 16 nitrogen and oxygen atoms in total. The first-order chi connectivity index (χ1) is 24.9. The normalized spacial score (nSPS) is 22.3. The second-order valence-corrected chi connectivity index (χ2v) is 14.0. The van der Waals surface area contributed by atoms with Crippen LogP contribution in [0.15, 0.2) is 79.1 Å². The predicted molar refractivity (Wildman–Crippen MR) is 187 cm³/mol. The number of hydrogen-bond acceptors (Lipinski definition) is 14. The number of benzene rings is 2. The maximum Gasteiger partial charge on any atom is 0.459 e. The monoisotopic (exact) mass is 735 g/mol. The van der Waals surface area contributed by atoms with Crippen LogP contribution in [0, 0.1) is 17.2 Å². The van der Waals surface area contributed by atoms with Crippen LogP contribution in [0.4, 0.5) is 5.82 Å². The second kappa shape index (κ2) is 16.6. The molecule has 1 fully saturated rings. The molecule has 2 aromatic heterocycles. The number of aromatic nitrogens is 3. The molecule has 7 atom stereocenters. The lowest BCUT2D eigenvalue weighted by Gasteiger charge is -2.26. The van der Waals surface area contributed by atoms with Gasteiger partial charge in [0, 0.05) is 0 Å². The Hall–Kier alpha value is -4.88. The number of hydrogen-bond donors (Lipinski definition) is 4. The van der Waals surface area contributed by atoms with Gasteiger partial charge in [0.15, 0.2) is 11.9 Å². The fourth-order valence-electron chi connectivity index (χ4n) is 5.70. The molecule has 1 aliphatic rings. The SMILES string of the molecule is CCC(CC)COC(=O)[C@H](C)NP(=O)(OC[C@H]1O[C@@](C#N)(c2ccc3c(N)ncnn23)[C@H](O)[C@@H]1OC(=O)[C@H](N)c1ccccc1)Oc1ccccc1. The molecule has 6 N–H and O–H groups in total. The molecule has 0 aliphatic carbocycles. The Balaban J connectivity index is 1.45. The summed E-state index contributed by atoms with van der Waals surface area (Å²) in [4.78, 5) is 30.3. The van der Waals surface area contributed by atoms with Gasteiger partial charge < -0.3 is 35.3 Å². The summed E-state index contributed by atoms with van der Waals surface area (Å²) in [6.45, 7) is 4.92. The molecule has 0 amide bonds. The van der Waals surface area contributed by atoms with Crippen LogP contribution in [0.2, 0.25) is 0 Å². The van der Waals surface area contributed by atoms with Gasteiger partial charge in [0.25, 0.3) is 0 Å². The van der Waals surface area contributed by atoms with Crippen molar-refractivity contribution in [2.45, 2.75) is 69.6 Å². The summed E-state index contributed by atoms with van der Waals surface area (Å²) in [7, 11) is -4.47. The second-order valence-electron chi connectivity index (χ2n) is 12.3. The van der Waals surface area contributed by atoms with Gasteiger partial charge in [-0.15, -0.1) is 0 Å². The first-order valence-electron chi connectivity index (χ1n) is 16.8. The van der Waals surface area contributed by atoms with Crippen LogP contribution in [-0.2, 0) is 38.5 Å². The van der Waals surface area contributed by atoms with E-state index in [1.165, 1.54) is 35.7 Å². The van der Waals surface area contributed by atoms with Gasteiger partial charge in [-0.3, -0.25) is 9.32 Å². The highest BCUT2D eigenvalue weighted by Crippen LogP contribution is 2.48. The molecule has 276 valence electrons. The highest BCUT2D eigenvalue weighted by atomic mass is 31.2. The van der Waals surface area contributed by atoms with Gasteiger partial charge >= 0.3 is 19.7 Å². The van der Waals surface area contributed by atoms with E-state index < -0.39 is 62.3 Å². The number of ether oxygens (including phenoxy) is 3. The van der Waals surface area contributed by atoms with Gasteiger partial charge in [-0.05, 0) is 42.7 Å². The molecule has 5 rings (SSSR count). The van der Waals surface area contributed by atoms with Gasteiger partial charge in [-0.25, -0.2) is 18.9 Å². The van der Waals surface area contributed by atoms with E-state index in [2.05, 4.69) is 15.2 Å². The van der Waals surface area contributed by atoms with E-state index >= 15 is 0 Å². The summed E-state index contributed by atoms with van der Waals surface area (Å²) in [6.07, 6.45) is -2.12. The van der Waals surface area contributed by atoms with Crippen LogP contribution < -0.4 is 21.1 Å². The maximum atomic E-state index is 14.4. The number of aliphatic hydroxyl groups is 1. The van der Waals surface area contributed by atoms with Crippen LogP contribution in [0.1, 0.15) is 50.9 Å².